The predicted molar refractivity (Wildman–Crippen MR) is 89.6 cm³/mol. The van der Waals surface area contributed by atoms with E-state index >= 15 is 0 Å². The van der Waals surface area contributed by atoms with E-state index in [9.17, 15) is 4.79 Å². The molecule has 24 heavy (non-hydrogen) atoms. The lowest BCUT2D eigenvalue weighted by molar-refractivity contribution is -0.117. The molecular formula is C16H20N6O2. The first-order valence-corrected chi connectivity index (χ1v) is 7.54. The molecule has 0 radical (unpaired) electrons. The number of nitrogens with one attached hydrogen (secondary N) is 2. The van der Waals surface area contributed by atoms with Gasteiger partial charge in [-0.2, -0.15) is 10.2 Å². The van der Waals surface area contributed by atoms with E-state index in [0.717, 1.165) is 0 Å². The molecule has 0 saturated heterocycles. The summed E-state index contributed by atoms with van der Waals surface area (Å²) < 4.78 is 5.12. The molecule has 0 aliphatic carbocycles. The summed E-state index contributed by atoms with van der Waals surface area (Å²) in [6.07, 6.45) is 0.530. The molecule has 1 amide bonds. The van der Waals surface area contributed by atoms with E-state index in [1.807, 2.05) is 20.2 Å². The van der Waals surface area contributed by atoms with E-state index in [1.54, 1.807) is 36.1 Å². The summed E-state index contributed by atoms with van der Waals surface area (Å²) in [5.74, 6) is 0.860. The van der Waals surface area contributed by atoms with E-state index < -0.39 is 6.04 Å². The van der Waals surface area contributed by atoms with Crippen LogP contribution in [0.25, 0.3) is 0 Å². The van der Waals surface area contributed by atoms with Crippen molar-refractivity contribution in [2.45, 2.75) is 19.4 Å². The Balaban J connectivity index is 1.79. The lowest BCUT2D eigenvalue weighted by Crippen LogP contribution is -2.39. The highest BCUT2D eigenvalue weighted by atomic mass is 16.5. The summed E-state index contributed by atoms with van der Waals surface area (Å²) in [5.41, 5.74) is 1.10. The summed E-state index contributed by atoms with van der Waals surface area (Å²) in [7, 11) is 3.67. The van der Waals surface area contributed by atoms with Gasteiger partial charge < -0.3 is 20.1 Å². The van der Waals surface area contributed by atoms with E-state index in [2.05, 4.69) is 20.8 Å². The standard InChI is InChI=1S/C16H20N6O2/c1-11(15(23)19-13-6-4-5-12(9-13)10-17)18-8-7-14-20-16(21-24-14)22(2)3/h4-6,9,11,18H,7-8H2,1-3H3,(H,19,23). The Hall–Kier alpha value is -2.92. The van der Waals surface area contributed by atoms with Crippen molar-refractivity contribution < 1.29 is 9.32 Å². The van der Waals surface area contributed by atoms with Crippen LogP contribution < -0.4 is 15.5 Å². The number of nitriles is 1. The SMILES string of the molecule is CC(NCCc1nc(N(C)C)no1)C(=O)Nc1cccc(C#N)c1. The van der Waals surface area contributed by atoms with Crippen molar-refractivity contribution in [1.82, 2.24) is 15.5 Å². The van der Waals surface area contributed by atoms with Crippen LogP contribution in [-0.2, 0) is 11.2 Å². The van der Waals surface area contributed by atoms with Crippen molar-refractivity contribution >= 4 is 17.5 Å². The van der Waals surface area contributed by atoms with Crippen LogP contribution in [0.5, 0.6) is 0 Å². The first-order valence-electron chi connectivity index (χ1n) is 7.54. The highest BCUT2D eigenvalue weighted by Gasteiger charge is 2.13. The lowest BCUT2D eigenvalue weighted by Gasteiger charge is -2.13. The molecule has 0 aliphatic rings. The third-order valence-electron chi connectivity index (χ3n) is 3.30. The van der Waals surface area contributed by atoms with Gasteiger partial charge in [0.05, 0.1) is 17.7 Å². The Kier molecular flexibility index (Phi) is 5.87. The molecule has 8 heteroatoms. The first kappa shape index (κ1) is 17.4. The molecule has 126 valence electrons. The molecule has 0 aliphatic heterocycles. The minimum atomic E-state index is -0.396. The minimum Gasteiger partial charge on any atom is -0.344 e. The molecule has 1 heterocycles. The highest BCUT2D eigenvalue weighted by Crippen LogP contribution is 2.10. The van der Waals surface area contributed by atoms with Gasteiger partial charge in [-0.15, -0.1) is 0 Å². The predicted octanol–water partition coefficient (Wildman–Crippen LogP) is 1.17. The number of aromatic nitrogens is 2. The largest absolute Gasteiger partial charge is 0.344 e. The van der Waals surface area contributed by atoms with Gasteiger partial charge in [0, 0.05) is 32.7 Å². The summed E-state index contributed by atoms with van der Waals surface area (Å²) in [6.45, 7) is 2.30. The van der Waals surface area contributed by atoms with Crippen LogP contribution in [0.1, 0.15) is 18.4 Å². The van der Waals surface area contributed by atoms with Gasteiger partial charge in [-0.05, 0) is 30.3 Å². The topological polar surface area (TPSA) is 107 Å². The zero-order valence-corrected chi connectivity index (χ0v) is 13.9. The number of amides is 1. The van der Waals surface area contributed by atoms with Crippen molar-refractivity contribution in [3.8, 4) is 6.07 Å². The van der Waals surface area contributed by atoms with Gasteiger partial charge in [0.15, 0.2) is 0 Å². The van der Waals surface area contributed by atoms with Crippen molar-refractivity contribution in [3.63, 3.8) is 0 Å². The van der Waals surface area contributed by atoms with E-state index in [1.165, 1.54) is 0 Å². The Bertz CT molecular complexity index is 734. The molecule has 1 unspecified atom stereocenters. The number of benzene rings is 1. The maximum Gasteiger partial charge on any atom is 0.265 e. The van der Waals surface area contributed by atoms with E-state index in [4.69, 9.17) is 9.78 Å². The second-order valence-electron chi connectivity index (χ2n) is 5.49. The molecule has 0 saturated carbocycles. The van der Waals surface area contributed by atoms with Crippen molar-refractivity contribution in [2.75, 3.05) is 30.9 Å². The fourth-order valence-corrected chi connectivity index (χ4v) is 1.93. The average Bonchev–Trinajstić information content (AvgIpc) is 3.04. The Labute approximate surface area is 140 Å². The number of carbonyl (C=O) groups is 1. The third-order valence-corrected chi connectivity index (χ3v) is 3.30. The van der Waals surface area contributed by atoms with Crippen LogP contribution in [0.3, 0.4) is 0 Å². The van der Waals surface area contributed by atoms with E-state index in [0.29, 0.717) is 36.1 Å². The first-order chi connectivity index (χ1) is 11.5. The van der Waals surface area contributed by atoms with E-state index in [-0.39, 0.29) is 5.91 Å². The zero-order chi connectivity index (χ0) is 17.5. The fraction of sp³-hybridized carbons (Fsp3) is 0.375. The Morgan fingerprint density at radius 2 is 2.25 bits per heavy atom. The maximum atomic E-state index is 12.1. The van der Waals surface area contributed by atoms with Crippen LogP contribution in [0, 0.1) is 11.3 Å². The van der Waals surface area contributed by atoms with Gasteiger partial charge in [0.1, 0.15) is 0 Å². The molecule has 0 bridgehead atoms. The summed E-state index contributed by atoms with van der Waals surface area (Å²) in [4.78, 5) is 18.1. The maximum absolute atomic E-state index is 12.1. The molecule has 2 N–H and O–H groups in total. The number of anilines is 2. The number of hydrogen-bond acceptors (Lipinski definition) is 7. The smallest absolute Gasteiger partial charge is 0.265 e. The third kappa shape index (κ3) is 4.79. The molecular weight excluding hydrogens is 308 g/mol. The molecule has 0 fully saturated rings. The van der Waals surface area contributed by atoms with Crippen molar-refractivity contribution in [2.24, 2.45) is 0 Å². The Morgan fingerprint density at radius 1 is 1.46 bits per heavy atom. The second-order valence-corrected chi connectivity index (χ2v) is 5.49. The minimum absolute atomic E-state index is 0.176. The lowest BCUT2D eigenvalue weighted by atomic mass is 10.2. The number of carbonyl (C=O) groups excluding carboxylic acids is 1. The van der Waals surface area contributed by atoms with Crippen molar-refractivity contribution in [1.29, 1.82) is 5.26 Å². The number of nitrogens with zero attached hydrogens (tertiary/aromatic N) is 4. The average molecular weight is 328 g/mol. The summed E-state index contributed by atoms with van der Waals surface area (Å²) >= 11 is 0. The second kappa shape index (κ2) is 8.08. The fourth-order valence-electron chi connectivity index (χ4n) is 1.93. The number of rotatable bonds is 7. The van der Waals surface area contributed by atoms with Crippen LogP contribution in [0.15, 0.2) is 28.8 Å². The highest BCUT2D eigenvalue weighted by molar-refractivity contribution is 5.94. The van der Waals surface area contributed by atoms with Gasteiger partial charge in [0.25, 0.3) is 5.95 Å². The molecule has 0 spiro atoms. The van der Waals surface area contributed by atoms with Crippen LogP contribution in [0.2, 0.25) is 0 Å². The molecule has 1 aromatic heterocycles. The normalized spacial score (nSPS) is 11.6. The molecule has 2 rings (SSSR count). The van der Waals surface area contributed by atoms with Gasteiger partial charge in [-0.25, -0.2) is 0 Å². The monoisotopic (exact) mass is 328 g/mol. The van der Waals surface area contributed by atoms with Gasteiger partial charge in [-0.1, -0.05) is 6.07 Å². The summed E-state index contributed by atoms with van der Waals surface area (Å²) in [6, 6.07) is 8.43. The van der Waals surface area contributed by atoms with Gasteiger partial charge in [-0.3, -0.25) is 4.79 Å². The number of hydrogen-bond donors (Lipinski definition) is 2. The molecule has 2 aromatic rings. The molecule has 8 nitrogen and oxygen atoms in total. The summed E-state index contributed by atoms with van der Waals surface area (Å²) in [5, 5.41) is 18.6. The Morgan fingerprint density at radius 3 is 2.92 bits per heavy atom. The van der Waals surface area contributed by atoms with Crippen molar-refractivity contribution in [3.05, 3.63) is 35.7 Å². The van der Waals surface area contributed by atoms with Crippen LogP contribution >= 0.6 is 0 Å². The molecule has 1 aromatic carbocycles. The van der Waals surface area contributed by atoms with Gasteiger partial charge in [0.2, 0.25) is 11.8 Å². The quantitative estimate of drug-likeness (QED) is 0.785. The van der Waals surface area contributed by atoms with Crippen LogP contribution in [-0.4, -0.2) is 42.7 Å². The molecule has 1 atom stereocenters. The zero-order valence-electron chi connectivity index (χ0n) is 13.9. The van der Waals surface area contributed by atoms with Crippen LogP contribution in [0.4, 0.5) is 11.6 Å². The van der Waals surface area contributed by atoms with Gasteiger partial charge >= 0.3 is 0 Å².